The minimum Gasteiger partial charge on any atom is -0.454 e. The monoisotopic (exact) mass is 486 g/mol. The Morgan fingerprint density at radius 3 is 2.49 bits per heavy atom. The highest BCUT2D eigenvalue weighted by Crippen LogP contribution is 2.41. The molecule has 5 rings (SSSR count). The molecule has 7 nitrogen and oxygen atoms in total. The third-order valence-electron chi connectivity index (χ3n) is 5.72. The standard InChI is InChI=1S/C27H26N4O3S/c1-4-20-14-21(26(35-20)31-25(32)18-8-6-5-7-9-18)24(30-27-28-16(2)12-17(3)29-27)19-10-11-22-23(13-19)34-15-33-22/h5-14,24H,4,15H2,1-3H3,(H,31,32)(H,28,29,30)/t24-/m0/s1. The van der Waals surface area contributed by atoms with E-state index < -0.39 is 0 Å². The average Bonchev–Trinajstić information content (AvgIpc) is 3.49. The maximum atomic E-state index is 13.0. The van der Waals surface area contributed by atoms with E-state index in [-0.39, 0.29) is 18.7 Å². The van der Waals surface area contributed by atoms with Gasteiger partial charge in [-0.2, -0.15) is 0 Å². The van der Waals surface area contributed by atoms with Crippen LogP contribution in [0.3, 0.4) is 0 Å². The molecular formula is C27H26N4O3S. The van der Waals surface area contributed by atoms with E-state index in [1.807, 2.05) is 56.3 Å². The van der Waals surface area contributed by atoms with Gasteiger partial charge in [-0.3, -0.25) is 4.79 Å². The lowest BCUT2D eigenvalue weighted by Gasteiger charge is -2.21. The molecule has 0 radical (unpaired) electrons. The normalized spacial score (nSPS) is 12.9. The van der Waals surface area contributed by atoms with Crippen LogP contribution < -0.4 is 20.1 Å². The molecule has 178 valence electrons. The molecule has 4 aromatic rings. The predicted octanol–water partition coefficient (Wildman–Crippen LogP) is 5.90. The van der Waals surface area contributed by atoms with Gasteiger partial charge in [0.2, 0.25) is 12.7 Å². The number of nitrogens with zero attached hydrogens (tertiary/aromatic N) is 2. The van der Waals surface area contributed by atoms with Gasteiger partial charge in [0.05, 0.1) is 6.04 Å². The predicted molar refractivity (Wildman–Crippen MR) is 138 cm³/mol. The molecule has 2 aromatic carbocycles. The fourth-order valence-electron chi connectivity index (χ4n) is 4.06. The van der Waals surface area contributed by atoms with Crippen LogP contribution in [-0.4, -0.2) is 22.7 Å². The van der Waals surface area contributed by atoms with E-state index in [0.29, 0.717) is 23.0 Å². The van der Waals surface area contributed by atoms with Crippen molar-refractivity contribution in [2.45, 2.75) is 33.2 Å². The zero-order valence-corrected chi connectivity index (χ0v) is 20.6. The fourth-order valence-corrected chi connectivity index (χ4v) is 5.09. The summed E-state index contributed by atoms with van der Waals surface area (Å²) in [4.78, 5) is 23.4. The largest absolute Gasteiger partial charge is 0.454 e. The molecule has 1 amide bonds. The zero-order chi connectivity index (χ0) is 24.4. The maximum absolute atomic E-state index is 13.0. The van der Waals surface area contributed by atoms with Crippen LogP contribution in [0, 0.1) is 13.8 Å². The number of fused-ring (bicyclic) bond motifs is 1. The number of carbonyl (C=O) groups is 1. The Bertz CT molecular complexity index is 1350. The number of aryl methyl sites for hydroxylation is 3. The third kappa shape index (κ3) is 4.97. The Morgan fingerprint density at radius 2 is 1.74 bits per heavy atom. The molecule has 0 fully saturated rings. The van der Waals surface area contributed by atoms with E-state index in [9.17, 15) is 4.79 Å². The van der Waals surface area contributed by atoms with Gasteiger partial charge in [-0.25, -0.2) is 9.97 Å². The maximum Gasteiger partial charge on any atom is 0.256 e. The molecule has 0 saturated heterocycles. The van der Waals surface area contributed by atoms with Crippen LogP contribution in [-0.2, 0) is 6.42 Å². The molecule has 1 atom stereocenters. The van der Waals surface area contributed by atoms with Crippen LogP contribution in [0.1, 0.15) is 50.7 Å². The molecule has 1 aliphatic heterocycles. The van der Waals surface area contributed by atoms with Crippen LogP contribution in [0.25, 0.3) is 0 Å². The summed E-state index contributed by atoms with van der Waals surface area (Å²) < 4.78 is 11.2. The number of amides is 1. The van der Waals surface area contributed by atoms with E-state index in [2.05, 4.69) is 33.6 Å². The number of nitrogens with one attached hydrogen (secondary N) is 2. The van der Waals surface area contributed by atoms with Gasteiger partial charge >= 0.3 is 0 Å². The van der Waals surface area contributed by atoms with E-state index >= 15 is 0 Å². The lowest BCUT2D eigenvalue weighted by atomic mass is 9.99. The first-order valence-corrected chi connectivity index (χ1v) is 12.3. The number of rotatable bonds is 7. The van der Waals surface area contributed by atoms with Crippen molar-refractivity contribution < 1.29 is 14.3 Å². The molecule has 2 N–H and O–H groups in total. The highest BCUT2D eigenvalue weighted by Gasteiger charge is 2.25. The lowest BCUT2D eigenvalue weighted by molar-refractivity contribution is 0.102. The molecule has 0 bridgehead atoms. The topological polar surface area (TPSA) is 85.4 Å². The summed E-state index contributed by atoms with van der Waals surface area (Å²) in [6.45, 7) is 6.20. The lowest BCUT2D eigenvalue weighted by Crippen LogP contribution is -2.18. The van der Waals surface area contributed by atoms with Gasteiger partial charge in [0.25, 0.3) is 5.91 Å². The summed E-state index contributed by atoms with van der Waals surface area (Å²) in [7, 11) is 0. The fraction of sp³-hybridized carbons (Fsp3) is 0.222. The SMILES string of the molecule is CCc1cc([C@@H](Nc2nc(C)cc(C)n2)c2ccc3c(c2)OCO3)c(NC(=O)c2ccccc2)s1. The first-order chi connectivity index (χ1) is 17.0. The van der Waals surface area contributed by atoms with Crippen LogP contribution >= 0.6 is 11.3 Å². The Labute approximate surface area is 208 Å². The van der Waals surface area contributed by atoms with Crippen molar-refractivity contribution in [1.29, 1.82) is 0 Å². The Kier molecular flexibility index (Phi) is 6.37. The van der Waals surface area contributed by atoms with Crippen LogP contribution in [0.15, 0.2) is 60.7 Å². The summed E-state index contributed by atoms with van der Waals surface area (Å²) in [6.07, 6.45) is 0.854. The van der Waals surface area contributed by atoms with Gasteiger partial charge in [-0.05, 0) is 62.2 Å². The quantitative estimate of drug-likeness (QED) is 0.338. The number of benzene rings is 2. The van der Waals surface area contributed by atoms with Gasteiger partial charge < -0.3 is 20.1 Å². The molecule has 2 aromatic heterocycles. The third-order valence-corrected chi connectivity index (χ3v) is 6.93. The molecule has 0 saturated carbocycles. The molecule has 0 spiro atoms. The molecule has 0 unspecified atom stereocenters. The van der Waals surface area contributed by atoms with Crippen LogP contribution in [0.4, 0.5) is 10.9 Å². The van der Waals surface area contributed by atoms with E-state index in [1.165, 1.54) is 0 Å². The summed E-state index contributed by atoms with van der Waals surface area (Å²) >= 11 is 1.58. The molecule has 8 heteroatoms. The molecule has 0 aliphatic carbocycles. The van der Waals surface area contributed by atoms with Gasteiger partial charge in [-0.1, -0.05) is 31.2 Å². The summed E-state index contributed by atoms with van der Waals surface area (Å²) in [5.41, 5.74) is 4.25. The smallest absolute Gasteiger partial charge is 0.256 e. The second-order valence-electron chi connectivity index (χ2n) is 8.34. The summed E-state index contributed by atoms with van der Waals surface area (Å²) in [6, 6.07) is 18.8. The Morgan fingerprint density at radius 1 is 1.00 bits per heavy atom. The average molecular weight is 487 g/mol. The first kappa shape index (κ1) is 22.9. The number of aromatic nitrogens is 2. The minimum atomic E-state index is -0.326. The van der Waals surface area contributed by atoms with E-state index in [0.717, 1.165) is 38.8 Å². The van der Waals surface area contributed by atoms with Crippen molar-refractivity contribution in [3.8, 4) is 11.5 Å². The Balaban J connectivity index is 1.57. The zero-order valence-electron chi connectivity index (χ0n) is 19.8. The number of hydrogen-bond donors (Lipinski definition) is 2. The molecule has 3 heterocycles. The summed E-state index contributed by atoms with van der Waals surface area (Å²) in [5.74, 6) is 1.78. The van der Waals surface area contributed by atoms with Crippen molar-refractivity contribution in [3.63, 3.8) is 0 Å². The van der Waals surface area contributed by atoms with Gasteiger partial charge in [0.1, 0.15) is 5.00 Å². The minimum absolute atomic E-state index is 0.150. The number of carbonyl (C=O) groups excluding carboxylic acids is 1. The highest BCUT2D eigenvalue weighted by molar-refractivity contribution is 7.16. The van der Waals surface area contributed by atoms with Gasteiger partial charge in [0.15, 0.2) is 11.5 Å². The van der Waals surface area contributed by atoms with Crippen LogP contribution in [0.5, 0.6) is 11.5 Å². The molecular weight excluding hydrogens is 460 g/mol. The van der Waals surface area contributed by atoms with E-state index in [1.54, 1.807) is 23.5 Å². The summed E-state index contributed by atoms with van der Waals surface area (Å²) in [5, 5.41) is 7.43. The van der Waals surface area contributed by atoms with Gasteiger partial charge in [-0.15, -0.1) is 11.3 Å². The number of anilines is 2. The van der Waals surface area contributed by atoms with Crippen molar-refractivity contribution >= 4 is 28.2 Å². The number of ether oxygens (including phenoxy) is 2. The van der Waals surface area contributed by atoms with Crippen molar-refractivity contribution in [2.24, 2.45) is 0 Å². The van der Waals surface area contributed by atoms with Crippen molar-refractivity contribution in [1.82, 2.24) is 9.97 Å². The number of thiophene rings is 1. The second kappa shape index (κ2) is 9.76. The van der Waals surface area contributed by atoms with Crippen molar-refractivity contribution in [3.05, 3.63) is 93.6 Å². The highest BCUT2D eigenvalue weighted by atomic mass is 32.1. The molecule has 1 aliphatic rings. The second-order valence-corrected chi connectivity index (χ2v) is 9.47. The first-order valence-electron chi connectivity index (χ1n) is 11.5. The van der Waals surface area contributed by atoms with E-state index in [4.69, 9.17) is 9.47 Å². The van der Waals surface area contributed by atoms with Crippen LogP contribution in [0.2, 0.25) is 0 Å². The number of hydrogen-bond acceptors (Lipinski definition) is 7. The molecule has 35 heavy (non-hydrogen) atoms. The van der Waals surface area contributed by atoms with Gasteiger partial charge in [0, 0.05) is 27.4 Å². The Hall–Kier alpha value is -3.91. The van der Waals surface area contributed by atoms with Crippen molar-refractivity contribution in [2.75, 3.05) is 17.4 Å².